The normalized spacial score (nSPS) is 17.0. The molecule has 3 aromatic rings. The second-order valence-electron chi connectivity index (χ2n) is 9.61. The summed E-state index contributed by atoms with van der Waals surface area (Å²) >= 11 is 0. The van der Waals surface area contributed by atoms with Gasteiger partial charge < -0.3 is 9.64 Å². The smallest absolute Gasteiger partial charge is 0.122 e. The number of benzene rings is 3. The van der Waals surface area contributed by atoms with E-state index in [1.54, 1.807) is 0 Å². The molecule has 0 saturated carbocycles. The maximum Gasteiger partial charge on any atom is 0.122 e. The zero-order valence-corrected chi connectivity index (χ0v) is 20.1. The van der Waals surface area contributed by atoms with E-state index < -0.39 is 8.07 Å². The van der Waals surface area contributed by atoms with E-state index in [0.717, 1.165) is 24.9 Å². The molecule has 3 heteroatoms. The monoisotopic (exact) mass is 437 g/mol. The first-order chi connectivity index (χ1) is 15.6. The Balaban J connectivity index is 1.46. The van der Waals surface area contributed by atoms with Crippen molar-refractivity contribution in [2.45, 2.75) is 37.8 Å². The van der Waals surface area contributed by atoms with E-state index in [0.29, 0.717) is 12.1 Å². The van der Waals surface area contributed by atoms with Gasteiger partial charge in [-0.15, -0.1) is 0 Å². The average molecular weight is 438 g/mol. The number of allylic oxidation sites excluding steroid dienone is 1. The van der Waals surface area contributed by atoms with Gasteiger partial charge >= 0.3 is 0 Å². The molecule has 0 N–H and O–H groups in total. The van der Waals surface area contributed by atoms with E-state index >= 15 is 0 Å². The van der Waals surface area contributed by atoms with Crippen molar-refractivity contribution in [1.29, 1.82) is 0 Å². The van der Waals surface area contributed by atoms with Crippen molar-refractivity contribution in [3.8, 4) is 5.75 Å². The van der Waals surface area contributed by atoms with Gasteiger partial charge in [0.1, 0.15) is 12.4 Å². The Bertz CT molecular complexity index is 1150. The minimum absolute atomic E-state index is 0.491. The van der Waals surface area contributed by atoms with Gasteiger partial charge in [0.05, 0.1) is 8.07 Å². The largest absolute Gasteiger partial charge is 0.489 e. The van der Waals surface area contributed by atoms with Crippen molar-refractivity contribution in [1.82, 2.24) is 4.90 Å². The average Bonchev–Trinajstić information content (AvgIpc) is 3.40. The molecule has 1 heterocycles. The summed E-state index contributed by atoms with van der Waals surface area (Å²) in [6.07, 6.45) is 4.39. The van der Waals surface area contributed by atoms with Gasteiger partial charge in [0.2, 0.25) is 0 Å². The van der Waals surface area contributed by atoms with E-state index in [9.17, 15) is 0 Å². The standard InChI is InChI=1S/C29H31NOSi/c1-4-17-31-28-16-10-7-13-24(28)21-32(2,3)29-18-27(25-14-8-9-15-26(25)29)30-19-22-11-5-6-12-23(22)20-30/h4-16,18,29H,1,17,19-21H2,2-3H3. The number of para-hydroxylation sites is 1. The van der Waals surface area contributed by atoms with Crippen molar-refractivity contribution < 1.29 is 4.74 Å². The molecule has 0 bridgehead atoms. The maximum absolute atomic E-state index is 5.98. The lowest BCUT2D eigenvalue weighted by Gasteiger charge is -2.30. The Hall–Kier alpha value is -3.04. The fraction of sp³-hybridized carbons (Fsp3) is 0.241. The highest BCUT2D eigenvalue weighted by molar-refractivity contribution is 6.79. The Morgan fingerprint density at radius 1 is 0.938 bits per heavy atom. The number of fused-ring (bicyclic) bond motifs is 2. The highest BCUT2D eigenvalue weighted by atomic mass is 28.3. The minimum Gasteiger partial charge on any atom is -0.489 e. The molecule has 0 aromatic heterocycles. The van der Waals surface area contributed by atoms with Crippen LogP contribution in [0, 0.1) is 0 Å². The summed E-state index contributed by atoms with van der Waals surface area (Å²) in [5.74, 6) is 0.999. The van der Waals surface area contributed by atoms with Crippen LogP contribution in [0.4, 0.5) is 0 Å². The molecular weight excluding hydrogens is 406 g/mol. The van der Waals surface area contributed by atoms with E-state index in [1.807, 2.05) is 6.08 Å². The van der Waals surface area contributed by atoms with Crippen molar-refractivity contribution in [2.75, 3.05) is 6.61 Å². The van der Waals surface area contributed by atoms with Gasteiger partial charge in [0.15, 0.2) is 0 Å². The molecule has 2 nitrogen and oxygen atoms in total. The van der Waals surface area contributed by atoms with Crippen LogP contribution in [0.5, 0.6) is 5.75 Å². The number of nitrogens with zero attached hydrogens (tertiary/aromatic N) is 1. The first-order valence-corrected chi connectivity index (χ1v) is 14.8. The van der Waals surface area contributed by atoms with Crippen LogP contribution in [-0.2, 0) is 19.1 Å². The third-order valence-electron chi connectivity index (χ3n) is 6.90. The Morgan fingerprint density at radius 2 is 1.59 bits per heavy atom. The molecular formula is C29H31NOSi. The highest BCUT2D eigenvalue weighted by Gasteiger charge is 2.39. The van der Waals surface area contributed by atoms with Gasteiger partial charge in [0, 0.05) is 24.4 Å². The summed E-state index contributed by atoms with van der Waals surface area (Å²) in [4.78, 5) is 2.56. The number of rotatable bonds is 7. The summed E-state index contributed by atoms with van der Waals surface area (Å²) < 4.78 is 5.98. The molecule has 1 aliphatic heterocycles. The molecule has 0 fully saturated rings. The summed E-state index contributed by atoms with van der Waals surface area (Å²) in [5.41, 5.74) is 9.06. The van der Waals surface area contributed by atoms with E-state index in [1.165, 1.54) is 33.5 Å². The van der Waals surface area contributed by atoms with Gasteiger partial charge in [-0.05, 0) is 39.9 Å². The van der Waals surface area contributed by atoms with Crippen LogP contribution >= 0.6 is 0 Å². The second-order valence-corrected chi connectivity index (χ2v) is 14.6. The Kier molecular flexibility index (Phi) is 5.52. The van der Waals surface area contributed by atoms with E-state index in [4.69, 9.17) is 4.74 Å². The third kappa shape index (κ3) is 3.82. The lowest BCUT2D eigenvalue weighted by molar-refractivity contribution is 0.360. The highest BCUT2D eigenvalue weighted by Crippen LogP contribution is 2.45. The van der Waals surface area contributed by atoms with Crippen molar-refractivity contribution in [2.24, 2.45) is 0 Å². The van der Waals surface area contributed by atoms with Crippen molar-refractivity contribution in [3.05, 3.63) is 119 Å². The van der Waals surface area contributed by atoms with Crippen LogP contribution in [0.15, 0.2) is 91.5 Å². The quantitative estimate of drug-likeness (QED) is 0.300. The van der Waals surface area contributed by atoms with Gasteiger partial charge in [0.25, 0.3) is 0 Å². The molecule has 0 spiro atoms. The maximum atomic E-state index is 5.98. The number of hydrogen-bond acceptors (Lipinski definition) is 2. The number of hydrogen-bond donors (Lipinski definition) is 0. The fourth-order valence-electron chi connectivity index (χ4n) is 5.30. The van der Waals surface area contributed by atoms with Crippen LogP contribution in [0.3, 0.4) is 0 Å². The molecule has 0 amide bonds. The molecule has 5 rings (SSSR count). The predicted octanol–water partition coefficient (Wildman–Crippen LogP) is 6.73. The topological polar surface area (TPSA) is 12.5 Å². The molecule has 0 saturated heterocycles. The number of ether oxygens (including phenoxy) is 1. The van der Waals surface area contributed by atoms with Gasteiger partial charge in [-0.2, -0.15) is 0 Å². The SMILES string of the molecule is C=CCOc1ccccc1C[Si](C)(C)C1C=C(N2Cc3ccccc3C2)c2ccccc21. The van der Waals surface area contributed by atoms with Crippen LogP contribution in [-0.4, -0.2) is 19.6 Å². The van der Waals surface area contributed by atoms with Crippen LogP contribution in [0.25, 0.3) is 5.70 Å². The Morgan fingerprint density at radius 3 is 2.34 bits per heavy atom. The first kappa shape index (κ1) is 20.8. The lowest BCUT2D eigenvalue weighted by atomic mass is 10.1. The van der Waals surface area contributed by atoms with Crippen LogP contribution < -0.4 is 4.74 Å². The lowest BCUT2D eigenvalue weighted by Crippen LogP contribution is -2.36. The van der Waals surface area contributed by atoms with Gasteiger partial charge in [-0.3, -0.25) is 0 Å². The predicted molar refractivity (Wildman–Crippen MR) is 136 cm³/mol. The summed E-state index contributed by atoms with van der Waals surface area (Å²) in [6, 6.07) is 27.5. The molecule has 32 heavy (non-hydrogen) atoms. The fourth-order valence-corrected chi connectivity index (χ4v) is 8.50. The Labute approximate surface area is 192 Å². The summed E-state index contributed by atoms with van der Waals surface area (Å²) in [5, 5.41) is 0. The molecule has 0 radical (unpaired) electrons. The molecule has 2 aliphatic rings. The third-order valence-corrected chi connectivity index (χ3v) is 10.3. The summed E-state index contributed by atoms with van der Waals surface area (Å²) in [7, 11) is -1.71. The zero-order valence-electron chi connectivity index (χ0n) is 19.1. The van der Waals surface area contributed by atoms with Crippen molar-refractivity contribution in [3.63, 3.8) is 0 Å². The zero-order chi connectivity index (χ0) is 22.1. The van der Waals surface area contributed by atoms with E-state index in [-0.39, 0.29) is 0 Å². The van der Waals surface area contributed by atoms with Gasteiger partial charge in [-0.1, -0.05) is 98.6 Å². The molecule has 162 valence electrons. The summed E-state index contributed by atoms with van der Waals surface area (Å²) in [6.45, 7) is 11.4. The molecule has 1 atom stereocenters. The molecule has 1 aliphatic carbocycles. The van der Waals surface area contributed by atoms with Crippen molar-refractivity contribution >= 4 is 13.8 Å². The van der Waals surface area contributed by atoms with E-state index in [2.05, 4.69) is 103 Å². The molecule has 1 unspecified atom stereocenters. The van der Waals surface area contributed by atoms with Crippen LogP contribution in [0.1, 0.15) is 33.4 Å². The second kappa shape index (κ2) is 8.48. The molecule has 3 aromatic carbocycles. The first-order valence-electron chi connectivity index (χ1n) is 11.5. The minimum atomic E-state index is -1.71. The van der Waals surface area contributed by atoms with Crippen LogP contribution in [0.2, 0.25) is 13.1 Å². The van der Waals surface area contributed by atoms with Gasteiger partial charge in [-0.25, -0.2) is 0 Å².